The minimum Gasteiger partial charge on any atom is -0.486 e. The Morgan fingerprint density at radius 1 is 1.24 bits per heavy atom. The second-order valence-corrected chi connectivity index (χ2v) is 6.54. The van der Waals surface area contributed by atoms with E-state index in [0.29, 0.717) is 30.5 Å². The van der Waals surface area contributed by atoms with E-state index in [9.17, 15) is 0 Å². The van der Waals surface area contributed by atoms with Crippen LogP contribution < -0.4 is 20.1 Å². The molecule has 0 aliphatic carbocycles. The van der Waals surface area contributed by atoms with E-state index in [4.69, 9.17) is 25.8 Å². The number of ether oxygens (including phenoxy) is 3. The fraction of sp³-hybridized carbons (Fsp3) is 0.611. The van der Waals surface area contributed by atoms with Gasteiger partial charge in [-0.15, -0.1) is 0 Å². The lowest BCUT2D eigenvalue weighted by molar-refractivity contribution is 0.117. The van der Waals surface area contributed by atoms with Gasteiger partial charge in [0.2, 0.25) is 0 Å². The highest BCUT2D eigenvalue weighted by Crippen LogP contribution is 2.38. The molecule has 25 heavy (non-hydrogen) atoms. The molecule has 3 rings (SSSR count). The standard InChI is InChI=1S/C18H26ClN3O3/c1-2-20-18(22-12-14-4-3-7-23-14)21-6-5-13-10-15(19)17-16(11-13)24-8-9-25-17/h10-11,14H,2-9,12H2,1H3,(H2,20,21,22). The lowest BCUT2D eigenvalue weighted by Crippen LogP contribution is -2.39. The van der Waals surface area contributed by atoms with Crippen LogP contribution in [-0.2, 0) is 11.2 Å². The fourth-order valence-corrected chi connectivity index (χ4v) is 3.24. The Balaban J connectivity index is 1.53. The second-order valence-electron chi connectivity index (χ2n) is 6.13. The van der Waals surface area contributed by atoms with Crippen molar-refractivity contribution in [1.29, 1.82) is 0 Å². The number of hydrogen-bond acceptors (Lipinski definition) is 4. The van der Waals surface area contributed by atoms with Gasteiger partial charge in [0, 0.05) is 19.7 Å². The van der Waals surface area contributed by atoms with Crippen molar-refractivity contribution in [3.8, 4) is 11.5 Å². The third kappa shape index (κ3) is 5.16. The molecule has 2 aliphatic heterocycles. The quantitative estimate of drug-likeness (QED) is 0.597. The van der Waals surface area contributed by atoms with Gasteiger partial charge in [0.15, 0.2) is 17.5 Å². The number of hydrogen-bond donors (Lipinski definition) is 2. The molecule has 1 saturated heterocycles. The van der Waals surface area contributed by atoms with Gasteiger partial charge in [0.05, 0.1) is 17.7 Å². The van der Waals surface area contributed by atoms with E-state index in [1.165, 1.54) is 0 Å². The van der Waals surface area contributed by atoms with Gasteiger partial charge in [-0.1, -0.05) is 11.6 Å². The SMILES string of the molecule is CCNC(=NCC1CCCO1)NCCc1cc(Cl)c2c(c1)OCCO2. The summed E-state index contributed by atoms with van der Waals surface area (Å²) in [6.07, 6.45) is 3.31. The molecule has 138 valence electrons. The first kappa shape index (κ1) is 18.1. The fourth-order valence-electron chi connectivity index (χ4n) is 2.96. The van der Waals surface area contributed by atoms with Crippen molar-refractivity contribution in [2.24, 2.45) is 4.99 Å². The number of fused-ring (bicyclic) bond motifs is 1. The molecule has 0 aromatic heterocycles. The van der Waals surface area contributed by atoms with Crippen LogP contribution in [0.15, 0.2) is 17.1 Å². The first-order valence-corrected chi connectivity index (χ1v) is 9.36. The number of aliphatic imine (C=N–C) groups is 1. The van der Waals surface area contributed by atoms with Gasteiger partial charge < -0.3 is 24.8 Å². The van der Waals surface area contributed by atoms with Gasteiger partial charge >= 0.3 is 0 Å². The summed E-state index contributed by atoms with van der Waals surface area (Å²) in [5, 5.41) is 7.23. The molecule has 2 N–H and O–H groups in total. The number of nitrogens with zero attached hydrogens (tertiary/aromatic N) is 1. The minimum absolute atomic E-state index is 0.257. The molecule has 1 aromatic carbocycles. The summed E-state index contributed by atoms with van der Waals surface area (Å²) >= 11 is 6.29. The number of halogens is 1. The molecule has 0 amide bonds. The molecule has 0 radical (unpaired) electrons. The van der Waals surface area contributed by atoms with Gasteiger partial charge in [-0.05, 0) is 43.9 Å². The monoisotopic (exact) mass is 367 g/mol. The first-order valence-electron chi connectivity index (χ1n) is 8.98. The van der Waals surface area contributed by atoms with Crippen molar-refractivity contribution < 1.29 is 14.2 Å². The summed E-state index contributed by atoms with van der Waals surface area (Å²) in [4.78, 5) is 4.61. The Morgan fingerprint density at radius 2 is 2.12 bits per heavy atom. The third-order valence-corrected chi connectivity index (χ3v) is 4.46. The molecule has 0 spiro atoms. The van der Waals surface area contributed by atoms with Crippen LogP contribution in [0, 0.1) is 0 Å². The zero-order valence-electron chi connectivity index (χ0n) is 14.6. The average molecular weight is 368 g/mol. The Kier molecular flexibility index (Phi) is 6.64. The maximum Gasteiger partial charge on any atom is 0.191 e. The normalized spacial score (nSPS) is 19.8. The molecule has 2 aliphatic rings. The van der Waals surface area contributed by atoms with Crippen LogP contribution in [0.5, 0.6) is 11.5 Å². The Bertz CT molecular complexity index is 603. The molecule has 1 aromatic rings. The zero-order valence-corrected chi connectivity index (χ0v) is 15.4. The predicted octanol–water partition coefficient (Wildman–Crippen LogP) is 2.39. The number of benzene rings is 1. The van der Waals surface area contributed by atoms with Crippen LogP contribution in [0.1, 0.15) is 25.3 Å². The van der Waals surface area contributed by atoms with Gasteiger partial charge in [0.1, 0.15) is 13.2 Å². The van der Waals surface area contributed by atoms with Gasteiger partial charge in [-0.3, -0.25) is 4.99 Å². The van der Waals surface area contributed by atoms with E-state index < -0.39 is 0 Å². The van der Waals surface area contributed by atoms with E-state index in [1.54, 1.807) is 0 Å². The maximum absolute atomic E-state index is 6.29. The largest absolute Gasteiger partial charge is 0.486 e. The molecule has 0 saturated carbocycles. The van der Waals surface area contributed by atoms with E-state index in [0.717, 1.165) is 56.2 Å². The van der Waals surface area contributed by atoms with Crippen LogP contribution >= 0.6 is 11.6 Å². The Labute approximate surface area is 153 Å². The van der Waals surface area contributed by atoms with Crippen molar-refractivity contribution in [3.05, 3.63) is 22.7 Å². The summed E-state index contributed by atoms with van der Waals surface area (Å²) in [5.74, 6) is 2.20. The Morgan fingerprint density at radius 3 is 2.92 bits per heavy atom. The van der Waals surface area contributed by atoms with E-state index in [2.05, 4.69) is 22.5 Å². The summed E-state index contributed by atoms with van der Waals surface area (Å²) in [6, 6.07) is 3.94. The van der Waals surface area contributed by atoms with Crippen molar-refractivity contribution in [1.82, 2.24) is 10.6 Å². The smallest absolute Gasteiger partial charge is 0.191 e. The van der Waals surface area contributed by atoms with Crippen molar-refractivity contribution in [2.75, 3.05) is 39.5 Å². The summed E-state index contributed by atoms with van der Waals surface area (Å²) < 4.78 is 16.8. The van der Waals surface area contributed by atoms with Crippen molar-refractivity contribution in [3.63, 3.8) is 0 Å². The number of guanidine groups is 1. The minimum atomic E-state index is 0.257. The molecule has 6 nitrogen and oxygen atoms in total. The summed E-state index contributed by atoms with van der Waals surface area (Å²) in [5.41, 5.74) is 1.11. The molecule has 0 bridgehead atoms. The summed E-state index contributed by atoms with van der Waals surface area (Å²) in [6.45, 7) is 6.30. The highest BCUT2D eigenvalue weighted by atomic mass is 35.5. The lowest BCUT2D eigenvalue weighted by atomic mass is 10.1. The number of rotatable bonds is 6. The molecule has 1 unspecified atom stereocenters. The molecule has 1 atom stereocenters. The predicted molar refractivity (Wildman–Crippen MR) is 99.1 cm³/mol. The Hall–Kier alpha value is -1.66. The third-order valence-electron chi connectivity index (χ3n) is 4.18. The van der Waals surface area contributed by atoms with E-state index in [1.807, 2.05) is 12.1 Å². The zero-order chi connectivity index (χ0) is 17.5. The van der Waals surface area contributed by atoms with Crippen LogP contribution in [0.3, 0.4) is 0 Å². The van der Waals surface area contributed by atoms with Gasteiger partial charge in [-0.25, -0.2) is 0 Å². The van der Waals surface area contributed by atoms with Crippen LogP contribution in [-0.4, -0.2) is 51.5 Å². The summed E-state index contributed by atoms with van der Waals surface area (Å²) in [7, 11) is 0. The molecule has 7 heteroatoms. The highest BCUT2D eigenvalue weighted by Gasteiger charge is 2.17. The van der Waals surface area contributed by atoms with Crippen LogP contribution in [0.4, 0.5) is 0 Å². The number of nitrogens with one attached hydrogen (secondary N) is 2. The lowest BCUT2D eigenvalue weighted by Gasteiger charge is -2.20. The average Bonchev–Trinajstić information content (AvgIpc) is 3.13. The topological polar surface area (TPSA) is 64.1 Å². The van der Waals surface area contributed by atoms with E-state index in [-0.39, 0.29) is 6.10 Å². The molecular weight excluding hydrogens is 342 g/mol. The van der Waals surface area contributed by atoms with Crippen molar-refractivity contribution in [2.45, 2.75) is 32.3 Å². The molecule has 2 heterocycles. The first-order chi connectivity index (χ1) is 12.3. The molecule has 1 fully saturated rings. The van der Waals surface area contributed by atoms with Crippen LogP contribution in [0.25, 0.3) is 0 Å². The van der Waals surface area contributed by atoms with Crippen molar-refractivity contribution >= 4 is 17.6 Å². The van der Waals surface area contributed by atoms with Gasteiger partial charge in [-0.2, -0.15) is 0 Å². The second kappa shape index (κ2) is 9.15. The van der Waals surface area contributed by atoms with Crippen LogP contribution in [0.2, 0.25) is 5.02 Å². The van der Waals surface area contributed by atoms with E-state index >= 15 is 0 Å². The highest BCUT2D eigenvalue weighted by molar-refractivity contribution is 6.32. The van der Waals surface area contributed by atoms with Gasteiger partial charge in [0.25, 0.3) is 0 Å². The maximum atomic E-state index is 6.29. The molecular formula is C18H26ClN3O3.